The standard InChI is InChI=1S/C13H14Cl2FN3O/c1-2-13(16,10-4-3-9(14)7-11(10)15)12-17-8-19(18-12)5-6-20/h3-4,7-8,20H,2,5-6H2,1H3. The average molecular weight is 318 g/mol. The molecule has 1 atom stereocenters. The molecule has 20 heavy (non-hydrogen) atoms. The molecule has 1 N–H and O–H groups in total. The Morgan fingerprint density at radius 1 is 1.40 bits per heavy atom. The zero-order chi connectivity index (χ0) is 14.8. The topological polar surface area (TPSA) is 50.9 Å². The summed E-state index contributed by atoms with van der Waals surface area (Å²) in [6, 6.07) is 4.62. The number of benzene rings is 1. The lowest BCUT2D eigenvalue weighted by Gasteiger charge is -2.22. The Labute approximate surface area is 126 Å². The summed E-state index contributed by atoms with van der Waals surface area (Å²) >= 11 is 11.9. The van der Waals surface area contributed by atoms with Crippen molar-refractivity contribution in [2.24, 2.45) is 0 Å². The van der Waals surface area contributed by atoms with E-state index in [2.05, 4.69) is 10.1 Å². The summed E-state index contributed by atoms with van der Waals surface area (Å²) in [6.45, 7) is 1.87. The highest BCUT2D eigenvalue weighted by Crippen LogP contribution is 2.39. The number of alkyl halides is 1. The highest BCUT2D eigenvalue weighted by atomic mass is 35.5. The Balaban J connectivity index is 2.46. The van der Waals surface area contributed by atoms with Crippen LogP contribution in [0.1, 0.15) is 24.7 Å². The van der Waals surface area contributed by atoms with Crippen LogP contribution in [-0.4, -0.2) is 26.5 Å². The van der Waals surface area contributed by atoms with Gasteiger partial charge in [-0.05, 0) is 18.6 Å². The van der Waals surface area contributed by atoms with Gasteiger partial charge in [0.25, 0.3) is 0 Å². The molecule has 0 bridgehead atoms. The van der Waals surface area contributed by atoms with Gasteiger partial charge in [-0.3, -0.25) is 4.68 Å². The van der Waals surface area contributed by atoms with E-state index < -0.39 is 5.67 Å². The number of aromatic nitrogens is 3. The lowest BCUT2D eigenvalue weighted by atomic mass is 9.92. The van der Waals surface area contributed by atoms with Crippen molar-refractivity contribution in [2.75, 3.05) is 6.61 Å². The zero-order valence-electron chi connectivity index (χ0n) is 10.9. The molecule has 108 valence electrons. The molecule has 1 aromatic carbocycles. The second kappa shape index (κ2) is 6.08. The summed E-state index contributed by atoms with van der Waals surface area (Å²) in [5, 5.41) is 13.6. The molecule has 1 aromatic heterocycles. The summed E-state index contributed by atoms with van der Waals surface area (Å²) in [5.41, 5.74) is -1.60. The van der Waals surface area contributed by atoms with Gasteiger partial charge in [-0.15, -0.1) is 0 Å². The van der Waals surface area contributed by atoms with E-state index in [0.29, 0.717) is 5.02 Å². The SMILES string of the molecule is CCC(F)(c1ncn(CCO)n1)c1ccc(Cl)cc1Cl. The van der Waals surface area contributed by atoms with Crippen LogP contribution >= 0.6 is 23.2 Å². The van der Waals surface area contributed by atoms with E-state index in [4.69, 9.17) is 28.3 Å². The first-order valence-corrected chi connectivity index (χ1v) is 6.92. The molecular formula is C13H14Cl2FN3O. The summed E-state index contributed by atoms with van der Waals surface area (Å²) < 4.78 is 16.7. The second-order valence-corrected chi connectivity index (χ2v) is 5.18. The first kappa shape index (κ1) is 15.2. The van der Waals surface area contributed by atoms with Crippen molar-refractivity contribution in [3.05, 3.63) is 46.0 Å². The molecular weight excluding hydrogens is 304 g/mol. The third-order valence-corrected chi connectivity index (χ3v) is 3.61. The number of aliphatic hydroxyl groups is 1. The highest BCUT2D eigenvalue weighted by Gasteiger charge is 2.38. The Kier molecular flexibility index (Phi) is 4.62. The molecule has 0 amide bonds. The van der Waals surface area contributed by atoms with Gasteiger partial charge >= 0.3 is 0 Å². The smallest absolute Gasteiger partial charge is 0.198 e. The van der Waals surface area contributed by atoms with Crippen molar-refractivity contribution in [1.29, 1.82) is 0 Å². The Bertz CT molecular complexity index is 605. The van der Waals surface area contributed by atoms with Crippen LogP contribution in [-0.2, 0) is 12.2 Å². The van der Waals surface area contributed by atoms with Crippen molar-refractivity contribution >= 4 is 23.2 Å². The van der Waals surface area contributed by atoms with E-state index in [1.54, 1.807) is 19.1 Å². The van der Waals surface area contributed by atoms with E-state index in [-0.39, 0.29) is 36.0 Å². The maximum Gasteiger partial charge on any atom is 0.198 e. The van der Waals surface area contributed by atoms with Crippen molar-refractivity contribution < 1.29 is 9.50 Å². The quantitative estimate of drug-likeness (QED) is 0.921. The fourth-order valence-electron chi connectivity index (χ4n) is 1.97. The van der Waals surface area contributed by atoms with E-state index in [1.807, 2.05) is 0 Å². The molecule has 0 aliphatic heterocycles. The molecule has 2 rings (SSSR count). The summed E-state index contributed by atoms with van der Waals surface area (Å²) in [4.78, 5) is 3.99. The van der Waals surface area contributed by atoms with Crippen molar-refractivity contribution in [3.8, 4) is 0 Å². The van der Waals surface area contributed by atoms with Crippen molar-refractivity contribution in [3.63, 3.8) is 0 Å². The van der Waals surface area contributed by atoms with Crippen LogP contribution in [0, 0.1) is 0 Å². The number of aliphatic hydroxyl groups excluding tert-OH is 1. The fraction of sp³-hybridized carbons (Fsp3) is 0.385. The van der Waals surface area contributed by atoms with E-state index in [1.165, 1.54) is 17.1 Å². The first-order valence-electron chi connectivity index (χ1n) is 6.16. The number of nitrogens with zero attached hydrogens (tertiary/aromatic N) is 3. The summed E-state index contributed by atoms with van der Waals surface area (Å²) in [7, 11) is 0. The molecule has 0 spiro atoms. The Morgan fingerprint density at radius 2 is 2.15 bits per heavy atom. The average Bonchev–Trinajstić information content (AvgIpc) is 2.87. The maximum absolute atomic E-state index is 15.3. The van der Waals surface area contributed by atoms with E-state index in [9.17, 15) is 0 Å². The maximum atomic E-state index is 15.3. The predicted molar refractivity (Wildman–Crippen MR) is 75.7 cm³/mol. The molecule has 0 fully saturated rings. The van der Waals surface area contributed by atoms with Crippen LogP contribution in [0.4, 0.5) is 4.39 Å². The number of rotatable bonds is 5. The minimum atomic E-state index is -1.89. The summed E-state index contributed by atoms with van der Waals surface area (Å²) in [5.74, 6) is 0.0256. The van der Waals surface area contributed by atoms with Crippen LogP contribution in [0.3, 0.4) is 0 Å². The number of hydrogen-bond acceptors (Lipinski definition) is 3. The number of halogens is 3. The molecule has 7 heteroatoms. The highest BCUT2D eigenvalue weighted by molar-refractivity contribution is 6.35. The Hall–Kier alpha value is -1.17. The molecule has 4 nitrogen and oxygen atoms in total. The van der Waals surface area contributed by atoms with Crippen LogP contribution in [0.25, 0.3) is 0 Å². The predicted octanol–water partition coefficient (Wildman–Crippen LogP) is 3.20. The third-order valence-electron chi connectivity index (χ3n) is 3.07. The van der Waals surface area contributed by atoms with Crippen LogP contribution in [0.15, 0.2) is 24.5 Å². The second-order valence-electron chi connectivity index (χ2n) is 4.33. The monoisotopic (exact) mass is 317 g/mol. The normalized spacial score (nSPS) is 14.2. The van der Waals surface area contributed by atoms with Gasteiger partial charge in [-0.1, -0.05) is 36.2 Å². The van der Waals surface area contributed by atoms with Gasteiger partial charge in [-0.25, -0.2) is 9.37 Å². The van der Waals surface area contributed by atoms with Gasteiger partial charge in [0.1, 0.15) is 6.33 Å². The largest absolute Gasteiger partial charge is 0.394 e. The van der Waals surface area contributed by atoms with Crippen molar-refractivity contribution in [2.45, 2.75) is 25.6 Å². The zero-order valence-corrected chi connectivity index (χ0v) is 12.4. The lowest BCUT2D eigenvalue weighted by Crippen LogP contribution is -2.23. The molecule has 0 aliphatic rings. The summed E-state index contributed by atoms with van der Waals surface area (Å²) in [6.07, 6.45) is 1.52. The van der Waals surface area contributed by atoms with Gasteiger partial charge in [0.05, 0.1) is 13.2 Å². The molecule has 0 radical (unpaired) electrons. The van der Waals surface area contributed by atoms with Gasteiger partial charge in [0.2, 0.25) is 0 Å². The van der Waals surface area contributed by atoms with Crippen LogP contribution in [0.5, 0.6) is 0 Å². The van der Waals surface area contributed by atoms with Gasteiger partial charge < -0.3 is 5.11 Å². The molecule has 1 heterocycles. The van der Waals surface area contributed by atoms with Crippen LogP contribution in [0.2, 0.25) is 10.0 Å². The Morgan fingerprint density at radius 3 is 2.75 bits per heavy atom. The number of hydrogen-bond donors (Lipinski definition) is 1. The van der Waals surface area contributed by atoms with Gasteiger partial charge in [0, 0.05) is 15.6 Å². The molecule has 1 unspecified atom stereocenters. The minimum absolute atomic E-state index is 0.0256. The van der Waals surface area contributed by atoms with Crippen LogP contribution < -0.4 is 0 Å². The fourth-order valence-corrected chi connectivity index (χ4v) is 2.52. The molecule has 0 saturated heterocycles. The third kappa shape index (κ3) is 2.80. The lowest BCUT2D eigenvalue weighted by molar-refractivity contribution is 0.198. The molecule has 0 aliphatic carbocycles. The van der Waals surface area contributed by atoms with Crippen molar-refractivity contribution in [1.82, 2.24) is 14.8 Å². The molecule has 2 aromatic rings. The van der Waals surface area contributed by atoms with E-state index in [0.717, 1.165) is 0 Å². The van der Waals surface area contributed by atoms with Gasteiger partial charge in [0.15, 0.2) is 11.5 Å². The minimum Gasteiger partial charge on any atom is -0.394 e. The van der Waals surface area contributed by atoms with E-state index >= 15 is 4.39 Å². The van der Waals surface area contributed by atoms with Gasteiger partial charge in [-0.2, -0.15) is 5.10 Å². The molecule has 0 saturated carbocycles. The first-order chi connectivity index (χ1) is 9.51.